The van der Waals surface area contributed by atoms with Crippen molar-refractivity contribution in [2.45, 2.75) is 30.6 Å². The molecule has 3 N–H and O–H groups in total. The summed E-state index contributed by atoms with van der Waals surface area (Å²) in [4.78, 5) is 12.5. The molecule has 0 aliphatic heterocycles. The zero-order valence-electron chi connectivity index (χ0n) is 20.9. The Morgan fingerprint density at radius 3 is 2.08 bits per heavy atom. The summed E-state index contributed by atoms with van der Waals surface area (Å²) in [6, 6.07) is 15.3. The van der Waals surface area contributed by atoms with Gasteiger partial charge in [-0.1, -0.05) is 6.07 Å². The molecule has 3 aromatic carbocycles. The lowest BCUT2D eigenvalue weighted by atomic mass is 10.2. The average Bonchev–Trinajstić information content (AvgIpc) is 2.85. The minimum absolute atomic E-state index is 0.0170. The number of rotatable bonds is 11. The number of anilines is 2. The first-order valence-electron chi connectivity index (χ1n) is 11.3. The number of amides is 1. The molecule has 0 bridgehead atoms. The predicted molar refractivity (Wildman–Crippen MR) is 141 cm³/mol. The number of carbonyl (C=O) groups is 1. The Labute approximate surface area is 217 Å². The highest BCUT2D eigenvalue weighted by molar-refractivity contribution is 7.92. The van der Waals surface area contributed by atoms with Gasteiger partial charge in [-0.05, 0) is 93.5 Å². The van der Waals surface area contributed by atoms with Gasteiger partial charge in [0.05, 0.1) is 16.4 Å². The topological polar surface area (TPSA) is 140 Å². The zero-order chi connectivity index (χ0) is 27.2. The Morgan fingerprint density at radius 1 is 0.811 bits per heavy atom. The Hall–Kier alpha value is -3.61. The van der Waals surface area contributed by atoms with Crippen LogP contribution in [0.1, 0.15) is 18.1 Å². The van der Waals surface area contributed by atoms with E-state index in [0.29, 0.717) is 40.6 Å². The van der Waals surface area contributed by atoms with Crippen LogP contribution >= 0.6 is 0 Å². The van der Waals surface area contributed by atoms with Crippen LogP contribution in [-0.2, 0) is 24.8 Å². The fraction of sp³-hybridized carbons (Fsp3) is 0.240. The van der Waals surface area contributed by atoms with E-state index in [1.54, 1.807) is 44.2 Å². The third kappa shape index (κ3) is 7.21. The highest BCUT2D eigenvalue weighted by atomic mass is 32.2. The summed E-state index contributed by atoms with van der Waals surface area (Å²) in [6.45, 7) is 5.41. The van der Waals surface area contributed by atoms with E-state index in [-0.39, 0.29) is 16.4 Å². The second-order valence-corrected chi connectivity index (χ2v) is 11.6. The third-order valence-corrected chi connectivity index (χ3v) is 8.09. The van der Waals surface area contributed by atoms with Crippen molar-refractivity contribution in [3.8, 4) is 11.5 Å². The zero-order valence-corrected chi connectivity index (χ0v) is 22.5. The molecule has 37 heavy (non-hydrogen) atoms. The molecule has 10 nitrogen and oxygen atoms in total. The van der Waals surface area contributed by atoms with Crippen LogP contribution in [0, 0.1) is 13.8 Å². The molecule has 0 heterocycles. The van der Waals surface area contributed by atoms with Crippen LogP contribution in [0.15, 0.2) is 70.5 Å². The van der Waals surface area contributed by atoms with Gasteiger partial charge >= 0.3 is 0 Å². The number of sulfonamides is 2. The number of aryl methyl sites for hydroxylation is 2. The Morgan fingerprint density at radius 2 is 1.46 bits per heavy atom. The molecule has 0 fully saturated rings. The molecule has 0 aromatic heterocycles. The Bertz CT molecular complexity index is 1490. The molecule has 0 atom stereocenters. The quantitative estimate of drug-likeness (QED) is 0.334. The van der Waals surface area contributed by atoms with Crippen LogP contribution in [0.2, 0.25) is 0 Å². The van der Waals surface area contributed by atoms with Crippen LogP contribution in [0.25, 0.3) is 0 Å². The van der Waals surface area contributed by atoms with Gasteiger partial charge in [0.1, 0.15) is 11.5 Å². The smallest absolute Gasteiger partial charge is 0.262 e. The molecule has 0 aliphatic rings. The minimum Gasteiger partial charge on any atom is -0.494 e. The Kier molecular flexibility index (Phi) is 8.79. The lowest BCUT2D eigenvalue weighted by Gasteiger charge is -2.14. The van der Waals surface area contributed by atoms with Crippen LogP contribution < -0.4 is 24.2 Å². The Balaban J connectivity index is 1.65. The third-order valence-electron chi connectivity index (χ3n) is 5.30. The van der Waals surface area contributed by atoms with Gasteiger partial charge in [-0.25, -0.2) is 21.6 Å². The van der Waals surface area contributed by atoms with Crippen molar-refractivity contribution in [2.75, 3.05) is 30.3 Å². The van der Waals surface area contributed by atoms with Gasteiger partial charge in [-0.3, -0.25) is 9.52 Å². The van der Waals surface area contributed by atoms with Crippen molar-refractivity contribution in [2.24, 2.45) is 0 Å². The first-order chi connectivity index (χ1) is 17.4. The van der Waals surface area contributed by atoms with E-state index in [0.717, 1.165) is 0 Å². The molecule has 1 amide bonds. The number of carbonyl (C=O) groups excluding carboxylic acids is 1. The number of benzene rings is 3. The molecule has 0 spiro atoms. The van der Waals surface area contributed by atoms with Crippen LogP contribution in [0.5, 0.6) is 11.5 Å². The van der Waals surface area contributed by atoms with Gasteiger partial charge in [0.15, 0.2) is 6.61 Å². The summed E-state index contributed by atoms with van der Waals surface area (Å²) in [5.74, 6) is 0.464. The minimum atomic E-state index is -3.85. The predicted octanol–water partition coefficient (Wildman–Crippen LogP) is 3.43. The summed E-state index contributed by atoms with van der Waals surface area (Å²) >= 11 is 0. The number of ether oxygens (including phenoxy) is 2. The fourth-order valence-corrected chi connectivity index (χ4v) is 5.20. The van der Waals surface area contributed by atoms with Crippen molar-refractivity contribution in [1.82, 2.24) is 4.72 Å². The van der Waals surface area contributed by atoms with Gasteiger partial charge in [-0.15, -0.1) is 0 Å². The van der Waals surface area contributed by atoms with Crippen molar-refractivity contribution in [3.05, 3.63) is 71.8 Å². The highest BCUT2D eigenvalue weighted by Crippen LogP contribution is 2.25. The molecule has 12 heteroatoms. The highest BCUT2D eigenvalue weighted by Gasteiger charge is 2.17. The summed E-state index contributed by atoms with van der Waals surface area (Å²) in [6.07, 6.45) is 0. The van der Waals surface area contributed by atoms with E-state index in [2.05, 4.69) is 14.8 Å². The molecule has 198 valence electrons. The molecule has 0 radical (unpaired) electrons. The SMILES string of the molecule is CCOc1ccc(NS(=O)(=O)c2ccc(OCC(=O)Nc3cc(S(=O)(=O)NC)ccc3C)c(C)c2)cc1. The number of hydrogen-bond donors (Lipinski definition) is 3. The molecule has 0 saturated carbocycles. The molecular formula is C25H29N3O7S2. The number of hydrogen-bond acceptors (Lipinski definition) is 7. The second-order valence-electron chi connectivity index (χ2n) is 8.01. The van der Waals surface area contributed by atoms with Gasteiger partial charge in [0, 0.05) is 11.4 Å². The van der Waals surface area contributed by atoms with Crippen molar-refractivity contribution < 1.29 is 31.1 Å². The first-order valence-corrected chi connectivity index (χ1v) is 14.2. The maximum absolute atomic E-state index is 12.8. The summed E-state index contributed by atoms with van der Waals surface area (Å²) in [7, 11) is -6.22. The van der Waals surface area contributed by atoms with E-state index in [1.807, 2.05) is 6.92 Å². The molecule has 3 rings (SSSR count). The van der Waals surface area contributed by atoms with Gasteiger partial charge in [-0.2, -0.15) is 0 Å². The van der Waals surface area contributed by atoms with Crippen LogP contribution in [0.3, 0.4) is 0 Å². The fourth-order valence-electron chi connectivity index (χ4n) is 3.30. The van der Waals surface area contributed by atoms with Gasteiger partial charge < -0.3 is 14.8 Å². The molecule has 0 unspecified atom stereocenters. The summed E-state index contributed by atoms with van der Waals surface area (Å²) in [5, 5.41) is 2.64. The second kappa shape index (κ2) is 11.6. The van der Waals surface area contributed by atoms with Crippen molar-refractivity contribution in [3.63, 3.8) is 0 Å². The van der Waals surface area contributed by atoms with Gasteiger partial charge in [0.25, 0.3) is 15.9 Å². The van der Waals surface area contributed by atoms with Crippen LogP contribution in [0.4, 0.5) is 11.4 Å². The van der Waals surface area contributed by atoms with E-state index < -0.39 is 26.0 Å². The number of nitrogens with one attached hydrogen (secondary N) is 3. The molecular weight excluding hydrogens is 518 g/mol. The molecule has 0 aliphatic carbocycles. The van der Waals surface area contributed by atoms with Gasteiger partial charge in [0.2, 0.25) is 10.0 Å². The average molecular weight is 548 g/mol. The standard InChI is InChI=1S/C25H29N3O7S2/c1-5-34-20-9-7-19(8-10-20)28-37(32,33)21-12-13-24(18(3)14-21)35-16-25(29)27-23-15-22(11-6-17(23)2)36(30,31)26-4/h6-15,26,28H,5,16H2,1-4H3,(H,27,29). The molecule has 3 aromatic rings. The van der Waals surface area contributed by atoms with E-state index in [9.17, 15) is 21.6 Å². The maximum Gasteiger partial charge on any atom is 0.262 e. The first kappa shape index (κ1) is 28.0. The van der Waals surface area contributed by atoms with E-state index in [1.165, 1.54) is 37.4 Å². The summed E-state index contributed by atoms with van der Waals surface area (Å²) in [5.41, 5.74) is 1.92. The summed E-state index contributed by atoms with van der Waals surface area (Å²) < 4.78 is 65.4. The monoisotopic (exact) mass is 547 g/mol. The van der Waals surface area contributed by atoms with E-state index in [4.69, 9.17) is 9.47 Å². The van der Waals surface area contributed by atoms with Crippen molar-refractivity contribution >= 4 is 37.3 Å². The van der Waals surface area contributed by atoms with Crippen LogP contribution in [-0.4, -0.2) is 43.0 Å². The molecule has 0 saturated heterocycles. The normalized spacial score (nSPS) is 11.6. The maximum atomic E-state index is 12.8. The largest absolute Gasteiger partial charge is 0.494 e. The van der Waals surface area contributed by atoms with E-state index >= 15 is 0 Å². The lowest BCUT2D eigenvalue weighted by molar-refractivity contribution is -0.118. The lowest BCUT2D eigenvalue weighted by Crippen LogP contribution is -2.22. The van der Waals surface area contributed by atoms with Crippen molar-refractivity contribution in [1.29, 1.82) is 0 Å².